The molecule has 3 aromatic rings. The normalized spacial score (nSPS) is 10.8. The molecule has 0 aliphatic carbocycles. The molecule has 1 heterocycles. The van der Waals surface area contributed by atoms with Crippen LogP contribution < -0.4 is 5.56 Å². The van der Waals surface area contributed by atoms with Crippen molar-refractivity contribution in [2.24, 2.45) is 0 Å². The zero-order valence-corrected chi connectivity index (χ0v) is 10.7. The predicted octanol–water partition coefficient (Wildman–Crippen LogP) is 2.31. The molecule has 3 N–H and O–H groups in total. The smallest absolute Gasteiger partial charge is 0.259 e. The van der Waals surface area contributed by atoms with Crippen molar-refractivity contribution in [1.82, 2.24) is 9.97 Å². The van der Waals surface area contributed by atoms with Crippen LogP contribution in [0.5, 0.6) is 11.5 Å². The molecule has 0 bridgehead atoms. The Bertz CT molecular complexity index is 869. The van der Waals surface area contributed by atoms with Gasteiger partial charge in [-0.2, -0.15) is 0 Å². The highest BCUT2D eigenvalue weighted by molar-refractivity contribution is 5.80. The van der Waals surface area contributed by atoms with E-state index in [4.69, 9.17) is 0 Å². The number of benzene rings is 2. The highest BCUT2D eigenvalue weighted by atomic mass is 16.3. The van der Waals surface area contributed by atoms with Gasteiger partial charge >= 0.3 is 0 Å². The van der Waals surface area contributed by atoms with Crippen molar-refractivity contribution in [3.63, 3.8) is 0 Å². The average Bonchev–Trinajstić information content (AvgIpc) is 2.42. The molecular formula is C15H12N2O3. The molecule has 0 unspecified atom stereocenters. The summed E-state index contributed by atoms with van der Waals surface area (Å²) in [6.07, 6.45) is 0. The molecule has 0 spiro atoms. The first kappa shape index (κ1) is 12.2. The summed E-state index contributed by atoms with van der Waals surface area (Å²) in [6, 6.07) is 9.46. The number of aryl methyl sites for hydroxylation is 1. The maximum atomic E-state index is 12.0. The summed E-state index contributed by atoms with van der Waals surface area (Å²) in [5.41, 5.74) is 1.61. The molecule has 2 aromatic carbocycles. The summed E-state index contributed by atoms with van der Waals surface area (Å²) in [7, 11) is 0. The van der Waals surface area contributed by atoms with E-state index in [9.17, 15) is 15.0 Å². The fourth-order valence-electron chi connectivity index (χ4n) is 2.07. The highest BCUT2D eigenvalue weighted by Crippen LogP contribution is 2.24. The van der Waals surface area contributed by atoms with Gasteiger partial charge in [0.1, 0.15) is 17.3 Å². The molecule has 3 rings (SSSR count). The molecule has 0 fully saturated rings. The Morgan fingerprint density at radius 1 is 1.10 bits per heavy atom. The summed E-state index contributed by atoms with van der Waals surface area (Å²) in [4.78, 5) is 19.1. The number of nitrogens with one attached hydrogen (secondary N) is 1. The molecular weight excluding hydrogens is 256 g/mol. The minimum absolute atomic E-state index is 0.0260. The fourth-order valence-corrected chi connectivity index (χ4v) is 2.07. The Hall–Kier alpha value is -2.82. The minimum Gasteiger partial charge on any atom is -0.508 e. The number of H-pyrrole nitrogens is 1. The van der Waals surface area contributed by atoms with E-state index >= 15 is 0 Å². The van der Waals surface area contributed by atoms with E-state index in [-0.39, 0.29) is 17.1 Å². The molecule has 0 aliphatic rings. The number of rotatable bonds is 1. The van der Waals surface area contributed by atoms with Crippen molar-refractivity contribution in [3.8, 4) is 22.9 Å². The summed E-state index contributed by atoms with van der Waals surface area (Å²) < 4.78 is 0. The van der Waals surface area contributed by atoms with Crippen molar-refractivity contribution in [2.45, 2.75) is 6.92 Å². The minimum atomic E-state index is -0.313. The number of nitrogens with zero attached hydrogens (tertiary/aromatic N) is 1. The van der Waals surface area contributed by atoms with Gasteiger partial charge in [-0.3, -0.25) is 4.79 Å². The lowest BCUT2D eigenvalue weighted by molar-refractivity contribution is 0.471. The van der Waals surface area contributed by atoms with E-state index in [2.05, 4.69) is 9.97 Å². The van der Waals surface area contributed by atoms with E-state index in [1.807, 2.05) is 0 Å². The molecule has 5 heteroatoms. The zero-order chi connectivity index (χ0) is 14.3. The summed E-state index contributed by atoms with van der Waals surface area (Å²) >= 11 is 0. The van der Waals surface area contributed by atoms with Crippen LogP contribution in [0, 0.1) is 6.92 Å². The number of aromatic hydroxyl groups is 2. The second-order valence-corrected chi connectivity index (χ2v) is 4.62. The van der Waals surface area contributed by atoms with Gasteiger partial charge in [-0.1, -0.05) is 0 Å². The summed E-state index contributed by atoms with van der Waals surface area (Å²) in [5, 5.41) is 19.3. The van der Waals surface area contributed by atoms with Crippen LogP contribution in [0.1, 0.15) is 5.56 Å². The van der Waals surface area contributed by atoms with Gasteiger partial charge in [0, 0.05) is 5.56 Å². The topological polar surface area (TPSA) is 86.2 Å². The number of aromatic nitrogens is 2. The first-order chi connectivity index (χ1) is 9.54. The number of phenolic OH excluding ortho intramolecular Hbond substituents is 2. The lowest BCUT2D eigenvalue weighted by Gasteiger charge is -2.05. The Balaban J connectivity index is 2.24. The van der Waals surface area contributed by atoms with Gasteiger partial charge in [-0.05, 0) is 48.9 Å². The number of aromatic amines is 1. The lowest BCUT2D eigenvalue weighted by Crippen LogP contribution is -2.09. The van der Waals surface area contributed by atoms with Crippen molar-refractivity contribution in [3.05, 3.63) is 52.3 Å². The van der Waals surface area contributed by atoms with Gasteiger partial charge in [-0.15, -0.1) is 0 Å². The third-order valence-corrected chi connectivity index (χ3v) is 3.16. The Kier molecular flexibility index (Phi) is 2.68. The van der Waals surface area contributed by atoms with Crippen LogP contribution >= 0.6 is 0 Å². The van der Waals surface area contributed by atoms with Gasteiger partial charge in [0.25, 0.3) is 5.56 Å². The molecule has 0 saturated heterocycles. The third-order valence-electron chi connectivity index (χ3n) is 3.16. The number of fused-ring (bicyclic) bond motifs is 1. The maximum Gasteiger partial charge on any atom is 0.259 e. The first-order valence-corrected chi connectivity index (χ1v) is 6.07. The number of hydrogen-bond acceptors (Lipinski definition) is 4. The molecule has 0 amide bonds. The van der Waals surface area contributed by atoms with E-state index < -0.39 is 0 Å². The monoisotopic (exact) mass is 268 g/mol. The first-order valence-electron chi connectivity index (χ1n) is 6.07. The van der Waals surface area contributed by atoms with E-state index in [1.165, 1.54) is 12.1 Å². The van der Waals surface area contributed by atoms with Gasteiger partial charge in [0.15, 0.2) is 0 Å². The molecule has 1 aromatic heterocycles. The van der Waals surface area contributed by atoms with Crippen molar-refractivity contribution < 1.29 is 10.2 Å². The fraction of sp³-hybridized carbons (Fsp3) is 0.0667. The molecule has 0 radical (unpaired) electrons. The second-order valence-electron chi connectivity index (χ2n) is 4.62. The van der Waals surface area contributed by atoms with Crippen molar-refractivity contribution in [2.75, 3.05) is 0 Å². The zero-order valence-electron chi connectivity index (χ0n) is 10.7. The van der Waals surface area contributed by atoms with Crippen LogP contribution in [0.4, 0.5) is 0 Å². The standard InChI is InChI=1S/C15H12N2O3/c1-8-6-9(2-5-13(8)19)14-16-12-4-3-10(18)7-11(12)15(20)17-14/h2-7,18-19H,1H3,(H,16,17,20). The SMILES string of the molecule is Cc1cc(-c2nc3ccc(O)cc3c(=O)[nH]2)ccc1O. The van der Waals surface area contributed by atoms with E-state index in [0.717, 1.165) is 0 Å². The van der Waals surface area contributed by atoms with Crippen molar-refractivity contribution >= 4 is 10.9 Å². The van der Waals surface area contributed by atoms with Crippen LogP contribution in [-0.2, 0) is 0 Å². The summed E-state index contributed by atoms with van der Waals surface area (Å²) in [6.45, 7) is 1.77. The third kappa shape index (κ3) is 1.99. The van der Waals surface area contributed by atoms with Crippen LogP contribution in [0.3, 0.4) is 0 Å². The Labute approximate surface area is 114 Å². The Morgan fingerprint density at radius 3 is 2.65 bits per heavy atom. The molecule has 0 atom stereocenters. The second kappa shape index (κ2) is 4.38. The van der Waals surface area contributed by atoms with E-state index in [1.54, 1.807) is 31.2 Å². The lowest BCUT2D eigenvalue weighted by atomic mass is 10.1. The van der Waals surface area contributed by atoms with Crippen LogP contribution in [0.25, 0.3) is 22.3 Å². The van der Waals surface area contributed by atoms with Gasteiger partial charge in [-0.25, -0.2) is 4.98 Å². The molecule has 100 valence electrons. The van der Waals surface area contributed by atoms with Gasteiger partial charge in [0.2, 0.25) is 0 Å². The Morgan fingerprint density at radius 2 is 1.90 bits per heavy atom. The summed E-state index contributed by atoms with van der Waals surface area (Å²) in [5.74, 6) is 0.649. The highest BCUT2D eigenvalue weighted by Gasteiger charge is 2.08. The molecule has 0 saturated carbocycles. The molecule has 0 aliphatic heterocycles. The van der Waals surface area contributed by atoms with Crippen LogP contribution in [0.15, 0.2) is 41.2 Å². The van der Waals surface area contributed by atoms with Crippen molar-refractivity contribution in [1.29, 1.82) is 0 Å². The van der Waals surface area contributed by atoms with E-state index in [0.29, 0.717) is 27.9 Å². The van der Waals surface area contributed by atoms with Gasteiger partial charge in [0.05, 0.1) is 10.9 Å². The quantitative estimate of drug-likeness (QED) is 0.632. The number of hydrogen-bond donors (Lipinski definition) is 3. The number of phenols is 2. The van der Waals surface area contributed by atoms with Crippen LogP contribution in [-0.4, -0.2) is 20.2 Å². The average molecular weight is 268 g/mol. The van der Waals surface area contributed by atoms with Crippen LogP contribution in [0.2, 0.25) is 0 Å². The maximum absolute atomic E-state index is 12.0. The molecule has 5 nitrogen and oxygen atoms in total. The predicted molar refractivity (Wildman–Crippen MR) is 75.9 cm³/mol. The largest absolute Gasteiger partial charge is 0.508 e. The molecule has 20 heavy (non-hydrogen) atoms. The van der Waals surface area contributed by atoms with Gasteiger partial charge < -0.3 is 15.2 Å².